The molecule has 0 spiro atoms. The number of imidazole rings is 1. The van der Waals surface area contributed by atoms with Crippen LogP contribution in [-0.4, -0.2) is 28.3 Å². The summed E-state index contributed by atoms with van der Waals surface area (Å²) in [7, 11) is 0. The smallest absolute Gasteiger partial charge is 0.251 e. The lowest BCUT2D eigenvalue weighted by Gasteiger charge is -2.19. The normalized spacial score (nSPS) is 12.1. The van der Waals surface area contributed by atoms with Crippen molar-refractivity contribution in [3.63, 3.8) is 0 Å². The number of fused-ring (bicyclic) bond motifs is 1. The van der Waals surface area contributed by atoms with E-state index in [4.69, 9.17) is 11.6 Å². The molecule has 2 aromatic carbocycles. The highest BCUT2D eigenvalue weighted by atomic mass is 35.5. The molecule has 28 heavy (non-hydrogen) atoms. The Bertz CT molecular complexity index is 933. The first-order valence-electron chi connectivity index (χ1n) is 9.20. The molecule has 146 valence electrons. The number of halogens is 1. The van der Waals surface area contributed by atoms with Gasteiger partial charge in [0, 0.05) is 10.6 Å². The van der Waals surface area contributed by atoms with E-state index in [0.717, 1.165) is 17.5 Å². The molecule has 3 N–H and O–H groups in total. The molecule has 0 radical (unpaired) electrons. The SMILES string of the molecule is CC(C)C[C@H](NC(=O)CNC(=O)c1ccc(Cl)cc1)c1nc2ccccc2[nH]1. The molecule has 3 aromatic rings. The number of benzene rings is 2. The largest absolute Gasteiger partial charge is 0.345 e. The molecule has 2 amide bonds. The molecular formula is C21H23ClN4O2. The van der Waals surface area contributed by atoms with Gasteiger partial charge in [0.25, 0.3) is 5.91 Å². The Labute approximate surface area is 168 Å². The summed E-state index contributed by atoms with van der Waals surface area (Å²) in [4.78, 5) is 32.5. The summed E-state index contributed by atoms with van der Waals surface area (Å²) in [5.41, 5.74) is 2.24. The van der Waals surface area contributed by atoms with Crippen molar-refractivity contribution in [2.75, 3.05) is 6.54 Å². The summed E-state index contributed by atoms with van der Waals surface area (Å²) in [6.07, 6.45) is 0.733. The molecule has 0 aliphatic carbocycles. The van der Waals surface area contributed by atoms with E-state index in [2.05, 4.69) is 34.4 Å². The van der Waals surface area contributed by atoms with Crippen LogP contribution in [0.4, 0.5) is 0 Å². The van der Waals surface area contributed by atoms with Gasteiger partial charge in [0.1, 0.15) is 5.82 Å². The summed E-state index contributed by atoms with van der Waals surface area (Å²) in [6, 6.07) is 14.0. The van der Waals surface area contributed by atoms with Gasteiger partial charge in [-0.15, -0.1) is 0 Å². The zero-order chi connectivity index (χ0) is 20.1. The summed E-state index contributed by atoms with van der Waals surface area (Å²) in [5.74, 6) is 0.485. The highest BCUT2D eigenvalue weighted by molar-refractivity contribution is 6.30. The maximum atomic E-state index is 12.4. The van der Waals surface area contributed by atoms with E-state index in [0.29, 0.717) is 22.3 Å². The molecule has 7 heteroatoms. The Morgan fingerprint density at radius 1 is 1.11 bits per heavy atom. The first-order valence-corrected chi connectivity index (χ1v) is 9.58. The first kappa shape index (κ1) is 19.9. The molecule has 0 unspecified atom stereocenters. The van der Waals surface area contributed by atoms with E-state index < -0.39 is 0 Å². The average Bonchev–Trinajstić information content (AvgIpc) is 3.10. The van der Waals surface area contributed by atoms with Crippen molar-refractivity contribution in [1.29, 1.82) is 0 Å². The summed E-state index contributed by atoms with van der Waals surface area (Å²) in [5, 5.41) is 6.16. The maximum absolute atomic E-state index is 12.4. The van der Waals surface area contributed by atoms with E-state index in [1.807, 2.05) is 24.3 Å². The lowest BCUT2D eigenvalue weighted by Crippen LogP contribution is -2.39. The number of rotatable bonds is 7. The van der Waals surface area contributed by atoms with Crippen molar-refractivity contribution in [3.05, 3.63) is 64.9 Å². The highest BCUT2D eigenvalue weighted by Crippen LogP contribution is 2.21. The zero-order valence-corrected chi connectivity index (χ0v) is 16.6. The van der Waals surface area contributed by atoms with Crippen LogP contribution in [0.1, 0.15) is 42.5 Å². The molecule has 1 aromatic heterocycles. The Morgan fingerprint density at radius 3 is 2.50 bits per heavy atom. The number of aromatic nitrogens is 2. The van der Waals surface area contributed by atoms with E-state index in [9.17, 15) is 9.59 Å². The maximum Gasteiger partial charge on any atom is 0.251 e. The third kappa shape index (κ3) is 5.10. The van der Waals surface area contributed by atoms with Crippen LogP contribution in [0.3, 0.4) is 0 Å². The van der Waals surface area contributed by atoms with Crippen LogP contribution in [0.2, 0.25) is 5.02 Å². The van der Waals surface area contributed by atoms with Gasteiger partial charge in [-0.2, -0.15) is 0 Å². The number of para-hydroxylation sites is 2. The van der Waals surface area contributed by atoms with E-state index in [1.54, 1.807) is 24.3 Å². The Kier molecular flexibility index (Phi) is 6.31. The number of carbonyl (C=O) groups is 2. The number of carbonyl (C=O) groups excluding carboxylic acids is 2. The predicted molar refractivity (Wildman–Crippen MR) is 110 cm³/mol. The zero-order valence-electron chi connectivity index (χ0n) is 15.8. The topological polar surface area (TPSA) is 86.9 Å². The van der Waals surface area contributed by atoms with Crippen molar-refractivity contribution in [3.8, 4) is 0 Å². The lowest BCUT2D eigenvalue weighted by atomic mass is 10.0. The number of amides is 2. The number of H-pyrrole nitrogens is 1. The van der Waals surface area contributed by atoms with Crippen molar-refractivity contribution in [1.82, 2.24) is 20.6 Å². The van der Waals surface area contributed by atoms with Crippen LogP contribution >= 0.6 is 11.6 Å². The first-order chi connectivity index (χ1) is 13.4. The predicted octanol–water partition coefficient (Wildman–Crippen LogP) is 3.85. The molecule has 1 heterocycles. The Balaban J connectivity index is 1.64. The number of hydrogen-bond donors (Lipinski definition) is 3. The molecule has 0 bridgehead atoms. The molecule has 0 aliphatic rings. The van der Waals surface area contributed by atoms with Gasteiger partial charge in [0.2, 0.25) is 5.91 Å². The number of hydrogen-bond acceptors (Lipinski definition) is 3. The minimum absolute atomic E-state index is 0.115. The minimum atomic E-state index is -0.323. The van der Waals surface area contributed by atoms with Crippen LogP contribution in [-0.2, 0) is 4.79 Å². The van der Waals surface area contributed by atoms with Gasteiger partial charge < -0.3 is 15.6 Å². The minimum Gasteiger partial charge on any atom is -0.345 e. The van der Waals surface area contributed by atoms with Gasteiger partial charge in [0.15, 0.2) is 0 Å². The average molecular weight is 399 g/mol. The monoisotopic (exact) mass is 398 g/mol. The summed E-state index contributed by atoms with van der Waals surface area (Å²) in [6.45, 7) is 4.06. The third-order valence-corrected chi connectivity index (χ3v) is 4.55. The fourth-order valence-corrected chi connectivity index (χ4v) is 3.08. The molecule has 6 nitrogen and oxygen atoms in total. The molecule has 1 atom stereocenters. The third-order valence-electron chi connectivity index (χ3n) is 4.30. The number of nitrogens with zero attached hydrogens (tertiary/aromatic N) is 1. The van der Waals surface area contributed by atoms with Crippen LogP contribution in [0.5, 0.6) is 0 Å². The molecule has 0 saturated heterocycles. The van der Waals surface area contributed by atoms with Crippen LogP contribution in [0, 0.1) is 5.92 Å². The second-order valence-corrected chi connectivity index (χ2v) is 7.51. The standard InChI is InChI=1S/C21H23ClN4O2/c1-13(2)11-18(20-25-16-5-3-4-6-17(16)26-20)24-19(27)12-23-21(28)14-7-9-15(22)10-8-14/h3-10,13,18H,11-12H2,1-2H3,(H,23,28)(H,24,27)(H,25,26)/t18-/m0/s1. The van der Waals surface area contributed by atoms with E-state index in [1.165, 1.54) is 0 Å². The lowest BCUT2D eigenvalue weighted by molar-refractivity contribution is -0.121. The van der Waals surface area contributed by atoms with E-state index in [-0.39, 0.29) is 24.4 Å². The van der Waals surface area contributed by atoms with Crippen LogP contribution < -0.4 is 10.6 Å². The van der Waals surface area contributed by atoms with Gasteiger partial charge in [-0.25, -0.2) is 4.98 Å². The van der Waals surface area contributed by atoms with Crippen molar-refractivity contribution in [2.24, 2.45) is 5.92 Å². The van der Waals surface area contributed by atoms with Crippen molar-refractivity contribution >= 4 is 34.4 Å². The molecule has 0 saturated carbocycles. The summed E-state index contributed by atoms with van der Waals surface area (Å²) < 4.78 is 0. The quantitative estimate of drug-likeness (QED) is 0.565. The molecule has 0 aliphatic heterocycles. The van der Waals surface area contributed by atoms with Gasteiger partial charge in [0.05, 0.1) is 23.6 Å². The van der Waals surface area contributed by atoms with Gasteiger partial charge in [-0.1, -0.05) is 37.6 Å². The van der Waals surface area contributed by atoms with Crippen molar-refractivity contribution < 1.29 is 9.59 Å². The second-order valence-electron chi connectivity index (χ2n) is 7.08. The van der Waals surface area contributed by atoms with Crippen LogP contribution in [0.15, 0.2) is 48.5 Å². The molecule has 3 rings (SSSR count). The van der Waals surface area contributed by atoms with Gasteiger partial charge in [-0.3, -0.25) is 9.59 Å². The molecule has 0 fully saturated rings. The van der Waals surface area contributed by atoms with E-state index >= 15 is 0 Å². The second kappa shape index (κ2) is 8.89. The summed E-state index contributed by atoms with van der Waals surface area (Å²) >= 11 is 5.83. The fourth-order valence-electron chi connectivity index (χ4n) is 2.96. The van der Waals surface area contributed by atoms with Crippen LogP contribution in [0.25, 0.3) is 11.0 Å². The Hall–Kier alpha value is -2.86. The number of aromatic amines is 1. The van der Waals surface area contributed by atoms with Gasteiger partial charge >= 0.3 is 0 Å². The Morgan fingerprint density at radius 2 is 1.82 bits per heavy atom. The number of nitrogens with one attached hydrogen (secondary N) is 3. The molecular weight excluding hydrogens is 376 g/mol. The van der Waals surface area contributed by atoms with Crippen molar-refractivity contribution in [2.45, 2.75) is 26.3 Å². The highest BCUT2D eigenvalue weighted by Gasteiger charge is 2.20. The fraction of sp³-hybridized carbons (Fsp3) is 0.286. The van der Waals surface area contributed by atoms with Gasteiger partial charge in [-0.05, 0) is 48.7 Å².